The zero-order valence-corrected chi connectivity index (χ0v) is 15.1. The number of β-amino-alcohol motifs (C(OH)–C–C–N with tert-alkyl or cyclic N) is 1. The monoisotopic (exact) mass is 350 g/mol. The molecule has 4 heteroatoms. The van der Waals surface area contributed by atoms with Crippen molar-refractivity contribution in [3.8, 4) is 0 Å². The van der Waals surface area contributed by atoms with Crippen molar-refractivity contribution in [1.82, 2.24) is 9.80 Å². The van der Waals surface area contributed by atoms with Gasteiger partial charge in [0.05, 0.1) is 11.5 Å². The van der Waals surface area contributed by atoms with E-state index >= 15 is 0 Å². The van der Waals surface area contributed by atoms with E-state index in [4.69, 9.17) is 0 Å². The summed E-state index contributed by atoms with van der Waals surface area (Å²) in [6.45, 7) is 3.70. The van der Waals surface area contributed by atoms with Crippen LogP contribution >= 0.6 is 0 Å². The van der Waals surface area contributed by atoms with Crippen LogP contribution in [-0.4, -0.2) is 53.1 Å². The minimum absolute atomic E-state index is 0.188. The standard InChI is InChI=1S/C22H26N2O2/c25-20-16-24(17-20)21(26)22(19-9-5-2-6-10-19)11-13-23(14-12-22)15-18-7-3-1-4-8-18/h1-10,20,25H,11-17H2. The first kappa shape index (κ1) is 17.3. The van der Waals surface area contributed by atoms with E-state index < -0.39 is 5.41 Å². The lowest BCUT2D eigenvalue weighted by Gasteiger charge is -2.47. The van der Waals surface area contributed by atoms with Gasteiger partial charge in [-0.3, -0.25) is 9.69 Å². The second kappa shape index (κ2) is 7.22. The number of carbonyl (C=O) groups excluding carboxylic acids is 1. The summed E-state index contributed by atoms with van der Waals surface area (Å²) in [5.41, 5.74) is 1.98. The number of aliphatic hydroxyl groups excluding tert-OH is 1. The Morgan fingerprint density at radius 1 is 0.962 bits per heavy atom. The molecule has 0 saturated carbocycles. The van der Waals surface area contributed by atoms with E-state index in [1.807, 2.05) is 29.2 Å². The molecule has 0 radical (unpaired) electrons. The molecule has 4 rings (SSSR count). The van der Waals surface area contributed by atoms with E-state index in [2.05, 4.69) is 41.3 Å². The van der Waals surface area contributed by atoms with Crippen molar-refractivity contribution in [3.05, 3.63) is 71.8 Å². The van der Waals surface area contributed by atoms with Crippen LogP contribution in [0.4, 0.5) is 0 Å². The van der Waals surface area contributed by atoms with Crippen molar-refractivity contribution in [2.75, 3.05) is 26.2 Å². The molecule has 2 aliphatic rings. The summed E-state index contributed by atoms with van der Waals surface area (Å²) in [6.07, 6.45) is 1.30. The number of rotatable bonds is 4. The average Bonchev–Trinajstić information content (AvgIpc) is 2.67. The number of nitrogens with zero attached hydrogens (tertiary/aromatic N) is 2. The summed E-state index contributed by atoms with van der Waals surface area (Å²) in [5, 5.41) is 9.62. The number of likely N-dealkylation sites (tertiary alicyclic amines) is 2. The summed E-state index contributed by atoms with van der Waals surface area (Å²) in [6, 6.07) is 20.7. The maximum atomic E-state index is 13.3. The second-order valence-corrected chi connectivity index (χ2v) is 7.57. The van der Waals surface area contributed by atoms with Gasteiger partial charge in [0.2, 0.25) is 5.91 Å². The Kier molecular flexibility index (Phi) is 4.79. The maximum Gasteiger partial charge on any atom is 0.233 e. The van der Waals surface area contributed by atoms with E-state index in [1.54, 1.807) is 0 Å². The fourth-order valence-corrected chi connectivity index (χ4v) is 4.24. The van der Waals surface area contributed by atoms with Crippen molar-refractivity contribution in [1.29, 1.82) is 0 Å². The first-order valence-corrected chi connectivity index (χ1v) is 9.47. The number of hydrogen-bond acceptors (Lipinski definition) is 3. The quantitative estimate of drug-likeness (QED) is 0.921. The average molecular weight is 350 g/mol. The molecular weight excluding hydrogens is 324 g/mol. The fourth-order valence-electron chi connectivity index (χ4n) is 4.24. The summed E-state index contributed by atoms with van der Waals surface area (Å²) in [5.74, 6) is 0.188. The zero-order chi connectivity index (χ0) is 18.0. The molecule has 0 unspecified atom stereocenters. The number of carbonyl (C=O) groups is 1. The predicted octanol–water partition coefficient (Wildman–Crippen LogP) is 2.42. The Morgan fingerprint density at radius 3 is 2.12 bits per heavy atom. The molecule has 1 amide bonds. The minimum atomic E-state index is -0.450. The van der Waals surface area contributed by atoms with Crippen LogP contribution in [-0.2, 0) is 16.8 Å². The van der Waals surface area contributed by atoms with Gasteiger partial charge in [0.25, 0.3) is 0 Å². The van der Waals surface area contributed by atoms with Crippen molar-refractivity contribution in [2.45, 2.75) is 30.9 Å². The first-order valence-electron chi connectivity index (χ1n) is 9.47. The zero-order valence-electron chi connectivity index (χ0n) is 15.1. The smallest absolute Gasteiger partial charge is 0.233 e. The topological polar surface area (TPSA) is 43.8 Å². The molecule has 136 valence electrons. The third-order valence-corrected chi connectivity index (χ3v) is 5.84. The summed E-state index contributed by atoms with van der Waals surface area (Å²) >= 11 is 0. The highest BCUT2D eigenvalue weighted by Gasteiger charge is 2.47. The van der Waals surface area contributed by atoms with E-state index in [-0.39, 0.29) is 12.0 Å². The summed E-state index contributed by atoms with van der Waals surface area (Å²) in [4.78, 5) is 17.6. The van der Waals surface area contributed by atoms with Crippen LogP contribution in [0.25, 0.3) is 0 Å². The predicted molar refractivity (Wildman–Crippen MR) is 102 cm³/mol. The van der Waals surface area contributed by atoms with Crippen molar-refractivity contribution in [3.63, 3.8) is 0 Å². The van der Waals surface area contributed by atoms with Gasteiger partial charge in [-0.1, -0.05) is 60.7 Å². The molecule has 0 atom stereocenters. The Morgan fingerprint density at radius 2 is 1.54 bits per heavy atom. The van der Waals surface area contributed by atoms with Crippen LogP contribution in [0.5, 0.6) is 0 Å². The molecule has 2 aliphatic heterocycles. The van der Waals surface area contributed by atoms with Crippen molar-refractivity contribution < 1.29 is 9.90 Å². The molecule has 2 saturated heterocycles. The molecule has 0 spiro atoms. The van der Waals surface area contributed by atoms with Crippen LogP contribution in [0.2, 0.25) is 0 Å². The molecule has 2 aromatic carbocycles. The van der Waals surface area contributed by atoms with Crippen LogP contribution in [0, 0.1) is 0 Å². The molecule has 0 aromatic heterocycles. The van der Waals surface area contributed by atoms with Gasteiger partial charge < -0.3 is 10.0 Å². The molecule has 2 heterocycles. The molecule has 2 aromatic rings. The van der Waals surface area contributed by atoms with Crippen LogP contribution in [0.3, 0.4) is 0 Å². The highest BCUT2D eigenvalue weighted by molar-refractivity contribution is 5.89. The third kappa shape index (κ3) is 3.27. The normalized spacial score (nSPS) is 20.6. The van der Waals surface area contributed by atoms with Gasteiger partial charge >= 0.3 is 0 Å². The number of benzene rings is 2. The maximum absolute atomic E-state index is 13.3. The van der Waals surface area contributed by atoms with Gasteiger partial charge in [-0.25, -0.2) is 0 Å². The Bertz CT molecular complexity index is 733. The van der Waals surface area contributed by atoms with Crippen LogP contribution in [0.1, 0.15) is 24.0 Å². The number of aliphatic hydroxyl groups is 1. The SMILES string of the molecule is O=C(N1CC(O)C1)C1(c2ccccc2)CCN(Cc2ccccc2)CC1. The molecule has 0 bridgehead atoms. The summed E-state index contributed by atoms with van der Waals surface area (Å²) in [7, 11) is 0. The number of hydrogen-bond donors (Lipinski definition) is 1. The molecule has 2 fully saturated rings. The van der Waals surface area contributed by atoms with Crippen molar-refractivity contribution in [2.24, 2.45) is 0 Å². The van der Waals surface area contributed by atoms with Gasteiger partial charge in [-0.15, -0.1) is 0 Å². The number of amides is 1. The molecule has 26 heavy (non-hydrogen) atoms. The Balaban J connectivity index is 1.51. The lowest BCUT2D eigenvalue weighted by molar-refractivity contribution is -0.149. The molecular formula is C22H26N2O2. The van der Waals surface area contributed by atoms with Gasteiger partial charge in [0, 0.05) is 19.6 Å². The van der Waals surface area contributed by atoms with Gasteiger partial charge in [0.15, 0.2) is 0 Å². The van der Waals surface area contributed by atoms with Gasteiger partial charge in [0.1, 0.15) is 0 Å². The summed E-state index contributed by atoms with van der Waals surface area (Å²) < 4.78 is 0. The van der Waals surface area contributed by atoms with Gasteiger partial charge in [-0.05, 0) is 37.1 Å². The molecule has 1 N–H and O–H groups in total. The van der Waals surface area contributed by atoms with Crippen LogP contribution < -0.4 is 0 Å². The first-order chi connectivity index (χ1) is 12.7. The van der Waals surface area contributed by atoms with E-state index in [9.17, 15) is 9.90 Å². The van der Waals surface area contributed by atoms with E-state index in [0.29, 0.717) is 13.1 Å². The van der Waals surface area contributed by atoms with Crippen molar-refractivity contribution >= 4 is 5.91 Å². The minimum Gasteiger partial charge on any atom is -0.389 e. The van der Waals surface area contributed by atoms with Gasteiger partial charge in [-0.2, -0.15) is 0 Å². The number of piperidine rings is 1. The lowest BCUT2D eigenvalue weighted by Crippen LogP contribution is -2.61. The molecule has 0 aliphatic carbocycles. The highest BCUT2D eigenvalue weighted by Crippen LogP contribution is 2.38. The lowest BCUT2D eigenvalue weighted by atomic mass is 9.71. The third-order valence-electron chi connectivity index (χ3n) is 5.84. The van der Waals surface area contributed by atoms with Crippen LogP contribution in [0.15, 0.2) is 60.7 Å². The fraction of sp³-hybridized carbons (Fsp3) is 0.409. The Hall–Kier alpha value is -2.17. The largest absolute Gasteiger partial charge is 0.389 e. The Labute approximate surface area is 155 Å². The van der Waals surface area contributed by atoms with E-state index in [0.717, 1.165) is 38.0 Å². The van der Waals surface area contributed by atoms with E-state index in [1.165, 1.54) is 5.56 Å². The second-order valence-electron chi connectivity index (χ2n) is 7.57. The highest BCUT2D eigenvalue weighted by atomic mass is 16.3. The molecule has 4 nitrogen and oxygen atoms in total.